The van der Waals surface area contributed by atoms with Gasteiger partial charge < -0.3 is 14.4 Å². The molecule has 4 rings (SSSR count). The first-order valence-corrected chi connectivity index (χ1v) is 11.3. The van der Waals surface area contributed by atoms with Gasteiger partial charge in [-0.1, -0.05) is 6.07 Å². The molecular formula is C25H32N4O3. The van der Waals surface area contributed by atoms with Gasteiger partial charge >= 0.3 is 6.09 Å². The number of nitrogens with zero attached hydrogens (tertiary/aromatic N) is 4. The lowest BCUT2D eigenvalue weighted by atomic mass is 9.94. The number of piperidine rings is 1. The lowest BCUT2D eigenvalue weighted by Gasteiger charge is -2.34. The fraction of sp³-hybridized carbons (Fsp3) is 0.480. The zero-order valence-corrected chi connectivity index (χ0v) is 19.5. The average molecular weight is 437 g/mol. The Labute approximate surface area is 189 Å². The minimum absolute atomic E-state index is 0.101. The van der Waals surface area contributed by atoms with Gasteiger partial charge in [0.05, 0.1) is 23.5 Å². The monoisotopic (exact) mass is 436 g/mol. The molecule has 32 heavy (non-hydrogen) atoms. The second-order valence-electron chi connectivity index (χ2n) is 9.63. The number of carbonyl (C=O) groups excluding carboxylic acids is 1. The topological polar surface area (TPSA) is 69.0 Å². The fourth-order valence-corrected chi connectivity index (χ4v) is 4.04. The minimum Gasteiger partial charge on any atom is -0.491 e. The zero-order chi connectivity index (χ0) is 22.9. The van der Waals surface area contributed by atoms with E-state index in [9.17, 15) is 4.79 Å². The Kier molecular flexibility index (Phi) is 6.09. The van der Waals surface area contributed by atoms with Crippen molar-refractivity contribution in [3.8, 4) is 17.0 Å². The molecule has 0 radical (unpaired) electrons. The Morgan fingerprint density at radius 1 is 1.22 bits per heavy atom. The first-order valence-electron chi connectivity index (χ1n) is 11.3. The van der Waals surface area contributed by atoms with Gasteiger partial charge in [-0.3, -0.25) is 4.98 Å². The number of likely N-dealkylation sites (tertiary alicyclic amines) is 1. The van der Waals surface area contributed by atoms with Crippen molar-refractivity contribution in [2.24, 2.45) is 0 Å². The second kappa shape index (κ2) is 8.81. The van der Waals surface area contributed by atoms with Crippen molar-refractivity contribution in [1.29, 1.82) is 0 Å². The summed E-state index contributed by atoms with van der Waals surface area (Å²) in [4.78, 5) is 19.3. The van der Waals surface area contributed by atoms with E-state index < -0.39 is 5.60 Å². The van der Waals surface area contributed by atoms with E-state index in [0.29, 0.717) is 6.54 Å². The van der Waals surface area contributed by atoms with Crippen molar-refractivity contribution in [3.05, 3.63) is 48.4 Å². The summed E-state index contributed by atoms with van der Waals surface area (Å²) in [5.74, 6) is 0.989. The van der Waals surface area contributed by atoms with Crippen molar-refractivity contribution in [2.45, 2.75) is 65.1 Å². The predicted octanol–water partition coefficient (Wildman–Crippen LogP) is 5.30. The molecule has 7 nitrogen and oxygen atoms in total. The van der Waals surface area contributed by atoms with Gasteiger partial charge in [-0.15, -0.1) is 0 Å². The molecule has 3 aromatic rings. The van der Waals surface area contributed by atoms with Crippen molar-refractivity contribution in [2.75, 3.05) is 13.1 Å². The molecule has 0 spiro atoms. The van der Waals surface area contributed by atoms with Gasteiger partial charge in [0.1, 0.15) is 11.4 Å². The molecule has 4 heterocycles. The van der Waals surface area contributed by atoms with E-state index in [2.05, 4.69) is 5.10 Å². The predicted molar refractivity (Wildman–Crippen MR) is 124 cm³/mol. The molecule has 7 heteroatoms. The molecule has 0 aliphatic carbocycles. The summed E-state index contributed by atoms with van der Waals surface area (Å²) in [6, 6.07) is 10.0. The summed E-state index contributed by atoms with van der Waals surface area (Å²) >= 11 is 0. The maximum absolute atomic E-state index is 12.6. The van der Waals surface area contributed by atoms with Crippen LogP contribution in [0.25, 0.3) is 16.8 Å². The van der Waals surface area contributed by atoms with Crippen LogP contribution in [0, 0.1) is 0 Å². The van der Waals surface area contributed by atoms with Crippen molar-refractivity contribution in [3.63, 3.8) is 0 Å². The number of ether oxygens (including phenoxy) is 2. The number of aromatic nitrogens is 3. The average Bonchev–Trinajstić information content (AvgIpc) is 3.15. The van der Waals surface area contributed by atoms with Crippen LogP contribution in [0.5, 0.6) is 5.75 Å². The lowest BCUT2D eigenvalue weighted by molar-refractivity contribution is 0.0197. The van der Waals surface area contributed by atoms with Gasteiger partial charge in [0.2, 0.25) is 0 Å². The third-order valence-corrected chi connectivity index (χ3v) is 5.40. The molecule has 1 fully saturated rings. The number of carbonyl (C=O) groups is 1. The van der Waals surface area contributed by atoms with Crippen molar-refractivity contribution < 1.29 is 14.3 Å². The highest BCUT2D eigenvalue weighted by atomic mass is 16.6. The summed E-state index contributed by atoms with van der Waals surface area (Å²) in [6.45, 7) is 11.0. The maximum Gasteiger partial charge on any atom is 0.410 e. The van der Waals surface area contributed by atoms with Gasteiger partial charge in [0.25, 0.3) is 0 Å². The van der Waals surface area contributed by atoms with Crippen LogP contribution in [0.1, 0.15) is 59.1 Å². The lowest BCUT2D eigenvalue weighted by Crippen LogP contribution is -2.42. The molecule has 1 amide bonds. The van der Waals surface area contributed by atoms with Gasteiger partial charge in [0, 0.05) is 42.5 Å². The quantitative estimate of drug-likeness (QED) is 0.555. The van der Waals surface area contributed by atoms with E-state index >= 15 is 0 Å². The Hall–Kier alpha value is -3.09. The molecular weight excluding hydrogens is 404 g/mol. The molecule has 1 aliphatic heterocycles. The summed E-state index contributed by atoms with van der Waals surface area (Å²) in [5, 5.41) is 4.48. The minimum atomic E-state index is -0.496. The Morgan fingerprint density at radius 2 is 2.03 bits per heavy atom. The maximum atomic E-state index is 12.6. The molecule has 0 N–H and O–H groups in total. The molecule has 3 aromatic heterocycles. The Bertz CT molecular complexity index is 1100. The van der Waals surface area contributed by atoms with E-state index in [1.54, 1.807) is 4.90 Å². The summed E-state index contributed by atoms with van der Waals surface area (Å²) in [6.07, 6.45) is 5.52. The van der Waals surface area contributed by atoms with E-state index in [0.717, 1.165) is 47.6 Å². The van der Waals surface area contributed by atoms with Gasteiger partial charge in [-0.25, -0.2) is 9.31 Å². The number of amides is 1. The van der Waals surface area contributed by atoms with Crippen LogP contribution in [-0.4, -0.2) is 50.4 Å². The highest BCUT2D eigenvalue weighted by Gasteiger charge is 2.29. The number of pyridine rings is 2. The van der Waals surface area contributed by atoms with Gasteiger partial charge in [-0.2, -0.15) is 5.10 Å². The third kappa shape index (κ3) is 5.03. The first kappa shape index (κ1) is 22.1. The largest absolute Gasteiger partial charge is 0.491 e. The summed E-state index contributed by atoms with van der Waals surface area (Å²) < 4.78 is 13.3. The van der Waals surface area contributed by atoms with E-state index in [1.165, 1.54) is 0 Å². The van der Waals surface area contributed by atoms with E-state index in [1.807, 2.05) is 81.9 Å². The SMILES string of the molecule is CC(C)Oc1ccn2ncc(-c3cccc(C4CCCN(C(=O)OC(C)(C)C)C4)n3)c2c1. The molecule has 1 aliphatic rings. The van der Waals surface area contributed by atoms with E-state index in [4.69, 9.17) is 14.5 Å². The Morgan fingerprint density at radius 3 is 2.78 bits per heavy atom. The third-order valence-electron chi connectivity index (χ3n) is 5.40. The van der Waals surface area contributed by atoms with Crippen LogP contribution >= 0.6 is 0 Å². The number of hydrogen-bond acceptors (Lipinski definition) is 5. The molecule has 170 valence electrons. The normalized spacial score (nSPS) is 17.1. The van der Waals surface area contributed by atoms with E-state index in [-0.39, 0.29) is 18.1 Å². The second-order valence-corrected chi connectivity index (χ2v) is 9.63. The Balaban J connectivity index is 1.58. The van der Waals surface area contributed by atoms with Crippen LogP contribution in [0.3, 0.4) is 0 Å². The van der Waals surface area contributed by atoms with Crippen LogP contribution < -0.4 is 4.74 Å². The first-order chi connectivity index (χ1) is 15.2. The molecule has 0 saturated carbocycles. The van der Waals surface area contributed by atoms with Crippen LogP contribution in [0.4, 0.5) is 4.79 Å². The molecule has 1 saturated heterocycles. The standard InChI is InChI=1S/C25H32N4O3/c1-17(2)31-19-11-13-29-23(14-19)20(15-26-29)22-10-6-9-21(27-22)18-8-7-12-28(16-18)24(30)32-25(3,4)5/h6,9-11,13-15,17-18H,7-8,12,16H2,1-5H3. The number of hydrogen-bond donors (Lipinski definition) is 0. The van der Waals surface area contributed by atoms with Crippen molar-refractivity contribution in [1.82, 2.24) is 19.5 Å². The summed E-state index contributed by atoms with van der Waals surface area (Å²) in [5.41, 5.74) is 3.27. The summed E-state index contributed by atoms with van der Waals surface area (Å²) in [7, 11) is 0. The fourth-order valence-electron chi connectivity index (χ4n) is 4.04. The van der Waals surface area contributed by atoms with Crippen molar-refractivity contribution >= 4 is 11.6 Å². The molecule has 1 atom stereocenters. The van der Waals surface area contributed by atoms with Gasteiger partial charge in [-0.05, 0) is 65.7 Å². The molecule has 0 bridgehead atoms. The zero-order valence-electron chi connectivity index (χ0n) is 19.5. The highest BCUT2D eigenvalue weighted by Crippen LogP contribution is 2.30. The molecule has 0 aromatic carbocycles. The highest BCUT2D eigenvalue weighted by molar-refractivity contribution is 5.78. The van der Waals surface area contributed by atoms with Crippen LogP contribution in [0.15, 0.2) is 42.7 Å². The smallest absolute Gasteiger partial charge is 0.410 e. The molecule has 1 unspecified atom stereocenters. The van der Waals surface area contributed by atoms with Crippen LogP contribution in [-0.2, 0) is 4.74 Å². The number of fused-ring (bicyclic) bond motifs is 1. The van der Waals surface area contributed by atoms with Gasteiger partial charge in [0.15, 0.2) is 0 Å². The number of rotatable bonds is 4. The van der Waals surface area contributed by atoms with Crippen LogP contribution in [0.2, 0.25) is 0 Å².